The van der Waals surface area contributed by atoms with Gasteiger partial charge in [0.15, 0.2) is 5.58 Å². The summed E-state index contributed by atoms with van der Waals surface area (Å²) in [6.07, 6.45) is 0. The first kappa shape index (κ1) is 57.8. The number of furan rings is 1. The van der Waals surface area contributed by atoms with Gasteiger partial charge in [-0.3, -0.25) is 9.13 Å². The Kier molecular flexibility index (Phi) is 13.8. The van der Waals surface area contributed by atoms with Gasteiger partial charge in [-0.15, -0.1) is 0 Å². The van der Waals surface area contributed by atoms with Crippen molar-refractivity contribution in [3.8, 4) is 84.4 Å². The topological polar surface area (TPSA) is 69.0 Å². The Morgan fingerprint density at radius 1 is 0.364 bits per heavy atom. The largest absolute Gasteiger partial charge is 0.507 e. The highest BCUT2D eigenvalue weighted by atomic mass is 16.3. The fraction of sp³-hybridized carbons (Fsp3) is 0.244. The summed E-state index contributed by atoms with van der Waals surface area (Å²) in [5, 5.41) is 15.0. The van der Waals surface area contributed by atoms with E-state index in [4.69, 9.17) is 14.4 Å². The molecule has 0 bridgehead atoms. The first-order valence-electron chi connectivity index (χ1n) is 31.1. The van der Waals surface area contributed by atoms with Gasteiger partial charge in [0.2, 0.25) is 0 Å². The van der Waals surface area contributed by atoms with Gasteiger partial charge in [0.25, 0.3) is 0 Å². The fourth-order valence-electron chi connectivity index (χ4n) is 12.7. The number of nitrogens with zero attached hydrogens (tertiary/aromatic N) is 4. The maximum absolute atomic E-state index is 12.9. The Bertz CT molecular complexity index is 4790. The molecule has 13 aromatic rings. The third kappa shape index (κ3) is 10.2. The van der Waals surface area contributed by atoms with Gasteiger partial charge in [-0.2, -0.15) is 0 Å². The van der Waals surface area contributed by atoms with Gasteiger partial charge in [0.1, 0.15) is 28.5 Å². The molecule has 0 aliphatic rings. The van der Waals surface area contributed by atoms with Gasteiger partial charge >= 0.3 is 0 Å². The van der Waals surface area contributed by atoms with Crippen LogP contribution in [0, 0.1) is 0 Å². The van der Waals surface area contributed by atoms with Gasteiger partial charge in [-0.1, -0.05) is 256 Å². The Labute approximate surface area is 519 Å². The summed E-state index contributed by atoms with van der Waals surface area (Å²) in [6.45, 7) is 33.7. The Morgan fingerprint density at radius 2 is 0.875 bits per heavy atom. The standard InChI is InChI=1S/C82H80N4O2/c1-78(2,3)55-38-42-68(64(46-55)52-31-23-18-24-32-52)85-69-36-26-33-59(71(69)84-77(85)65-47-58(81(10,11)12)48-66(74(65)87)82(13,14)15)53-43-54(45-57(44-53)80(7,8)9)76-83-67-41-40-63-62-39-37-56(79(4,5)6)49-70(62)88-75(63)73(67)86(76)72-60(50-27-19-16-20-28-50)34-25-35-61(72)51-29-21-17-22-30-51/h16-49,87H,1-15H3. The molecule has 6 heteroatoms. The van der Waals surface area contributed by atoms with Crippen molar-refractivity contribution in [2.75, 3.05) is 0 Å². The van der Waals surface area contributed by atoms with Gasteiger partial charge < -0.3 is 9.52 Å². The third-order valence-electron chi connectivity index (χ3n) is 17.8. The van der Waals surface area contributed by atoms with Crippen LogP contribution in [0.3, 0.4) is 0 Å². The van der Waals surface area contributed by atoms with Crippen molar-refractivity contribution < 1.29 is 9.52 Å². The Hall–Kier alpha value is -9.26. The fourth-order valence-corrected chi connectivity index (χ4v) is 12.7. The molecule has 0 saturated heterocycles. The van der Waals surface area contributed by atoms with Crippen LogP contribution in [0.15, 0.2) is 211 Å². The van der Waals surface area contributed by atoms with Crippen LogP contribution in [-0.2, 0) is 27.1 Å². The van der Waals surface area contributed by atoms with E-state index in [1.165, 1.54) is 11.1 Å². The number of benzene rings is 10. The lowest BCUT2D eigenvalue weighted by atomic mass is 9.79. The van der Waals surface area contributed by atoms with Crippen molar-refractivity contribution in [2.45, 2.75) is 131 Å². The minimum Gasteiger partial charge on any atom is -0.507 e. The molecule has 13 rings (SSSR count). The minimum absolute atomic E-state index is 0.0752. The molecule has 0 unspecified atom stereocenters. The number of rotatable bonds is 8. The normalized spacial score (nSPS) is 12.8. The van der Waals surface area contributed by atoms with Gasteiger partial charge in [0.05, 0.1) is 33.5 Å². The molecule has 0 amide bonds. The van der Waals surface area contributed by atoms with Crippen molar-refractivity contribution in [1.82, 2.24) is 19.1 Å². The summed E-state index contributed by atoms with van der Waals surface area (Å²) in [5.74, 6) is 1.69. The second kappa shape index (κ2) is 21.0. The molecule has 10 aromatic carbocycles. The lowest BCUT2D eigenvalue weighted by Crippen LogP contribution is -2.17. The average molecular weight is 1150 g/mol. The maximum Gasteiger partial charge on any atom is 0.161 e. The number of phenols is 1. The molecule has 0 aliphatic heterocycles. The van der Waals surface area contributed by atoms with Crippen LogP contribution in [0.4, 0.5) is 0 Å². The minimum atomic E-state index is -0.374. The van der Waals surface area contributed by atoms with E-state index >= 15 is 0 Å². The van der Waals surface area contributed by atoms with E-state index < -0.39 is 0 Å². The lowest BCUT2D eigenvalue weighted by Gasteiger charge is -2.28. The highest BCUT2D eigenvalue weighted by molar-refractivity contribution is 6.15. The third-order valence-corrected chi connectivity index (χ3v) is 17.8. The average Bonchev–Trinajstić information content (AvgIpc) is 1.55. The summed E-state index contributed by atoms with van der Waals surface area (Å²) < 4.78 is 12.0. The van der Waals surface area contributed by atoms with E-state index in [1.54, 1.807) is 0 Å². The quantitative estimate of drug-likeness (QED) is 0.165. The summed E-state index contributed by atoms with van der Waals surface area (Å²) >= 11 is 0. The van der Waals surface area contributed by atoms with Crippen LogP contribution in [0.1, 0.15) is 132 Å². The Balaban J connectivity index is 1.15. The van der Waals surface area contributed by atoms with E-state index in [0.717, 1.165) is 128 Å². The van der Waals surface area contributed by atoms with Crippen LogP contribution < -0.4 is 0 Å². The number of hydrogen-bond acceptors (Lipinski definition) is 4. The zero-order valence-electron chi connectivity index (χ0n) is 53.8. The van der Waals surface area contributed by atoms with Crippen LogP contribution in [0.5, 0.6) is 5.75 Å². The van der Waals surface area contributed by atoms with E-state index in [0.29, 0.717) is 11.4 Å². The van der Waals surface area contributed by atoms with Crippen LogP contribution in [0.2, 0.25) is 0 Å². The van der Waals surface area contributed by atoms with Crippen molar-refractivity contribution in [1.29, 1.82) is 0 Å². The highest BCUT2D eigenvalue weighted by Crippen LogP contribution is 2.49. The van der Waals surface area contributed by atoms with Gasteiger partial charge in [-0.25, -0.2) is 9.97 Å². The molecule has 0 aliphatic carbocycles. The van der Waals surface area contributed by atoms with E-state index in [1.807, 2.05) is 0 Å². The second-order valence-corrected chi connectivity index (χ2v) is 29.3. The summed E-state index contributed by atoms with van der Waals surface area (Å²) in [6, 6.07) is 74.7. The summed E-state index contributed by atoms with van der Waals surface area (Å²) in [7, 11) is 0. The number of hydrogen-bond donors (Lipinski definition) is 1. The molecular formula is C82H80N4O2. The second-order valence-electron chi connectivity index (χ2n) is 29.3. The SMILES string of the molecule is CC(C)(C)c1cc(-c2cccc3c2nc(-c2cc(C(C)(C)C)cc(C(C)(C)C)c2O)n3-c2ccc(C(C)(C)C)cc2-c2ccccc2)cc(-c2nc3ccc4c5ccc(C(C)(C)C)cc5oc4c3n2-c2c(-c3ccccc3)cccc2-c2ccccc2)c1. The number of aromatic hydroxyl groups is 1. The number of aromatic nitrogens is 4. The van der Waals surface area contributed by atoms with E-state index in [9.17, 15) is 5.11 Å². The summed E-state index contributed by atoms with van der Waals surface area (Å²) in [4.78, 5) is 11.7. The molecule has 6 nitrogen and oxygen atoms in total. The lowest BCUT2D eigenvalue weighted by molar-refractivity contribution is 0.446. The van der Waals surface area contributed by atoms with E-state index in [2.05, 4.69) is 319 Å². The van der Waals surface area contributed by atoms with Gasteiger partial charge in [-0.05, 0) is 126 Å². The zero-order valence-corrected chi connectivity index (χ0v) is 53.8. The number of phenolic OH excluding ortho intramolecular Hbond substituents is 1. The molecule has 0 saturated carbocycles. The number of imidazole rings is 2. The van der Waals surface area contributed by atoms with Crippen LogP contribution in [0.25, 0.3) is 123 Å². The molecular weight excluding hydrogens is 1070 g/mol. The predicted molar refractivity (Wildman–Crippen MR) is 371 cm³/mol. The first-order chi connectivity index (χ1) is 41.7. The molecule has 88 heavy (non-hydrogen) atoms. The molecule has 0 fully saturated rings. The molecule has 0 atom stereocenters. The number of para-hydroxylation sites is 2. The van der Waals surface area contributed by atoms with Crippen molar-refractivity contribution in [3.63, 3.8) is 0 Å². The van der Waals surface area contributed by atoms with Gasteiger partial charge in [0, 0.05) is 44.2 Å². The predicted octanol–water partition coefficient (Wildman–Crippen LogP) is 22.5. The molecule has 3 heterocycles. The smallest absolute Gasteiger partial charge is 0.161 e. The van der Waals surface area contributed by atoms with E-state index in [-0.39, 0.29) is 32.8 Å². The maximum atomic E-state index is 12.9. The monoisotopic (exact) mass is 1150 g/mol. The van der Waals surface area contributed by atoms with Crippen molar-refractivity contribution in [3.05, 3.63) is 234 Å². The molecule has 0 spiro atoms. The Morgan fingerprint density at radius 3 is 1.47 bits per heavy atom. The highest BCUT2D eigenvalue weighted by Gasteiger charge is 2.32. The van der Waals surface area contributed by atoms with Crippen molar-refractivity contribution >= 4 is 44.0 Å². The van der Waals surface area contributed by atoms with Crippen molar-refractivity contribution in [2.24, 2.45) is 0 Å². The molecule has 0 radical (unpaired) electrons. The molecule has 1 N–H and O–H groups in total. The van der Waals surface area contributed by atoms with Crippen LogP contribution in [-0.4, -0.2) is 24.2 Å². The first-order valence-corrected chi connectivity index (χ1v) is 31.1. The molecule has 3 aromatic heterocycles. The van der Waals surface area contributed by atoms with Crippen LogP contribution >= 0.6 is 0 Å². The number of fused-ring (bicyclic) bond motifs is 6. The zero-order chi connectivity index (χ0) is 62.0. The molecule has 440 valence electrons. The summed E-state index contributed by atoms with van der Waals surface area (Å²) in [5.41, 5.74) is 21.7.